The average Bonchev–Trinajstić information content (AvgIpc) is 2.85. The van der Waals surface area contributed by atoms with Crippen molar-refractivity contribution in [1.82, 2.24) is 14.8 Å². The van der Waals surface area contributed by atoms with Crippen LogP contribution in [0.15, 0.2) is 30.6 Å². The lowest BCUT2D eigenvalue weighted by molar-refractivity contribution is 0.286. The van der Waals surface area contributed by atoms with E-state index in [1.54, 1.807) is 24.3 Å². The summed E-state index contributed by atoms with van der Waals surface area (Å²) in [6.07, 6.45) is 2.54. The Morgan fingerprint density at radius 2 is 2.11 bits per heavy atom. The van der Waals surface area contributed by atoms with E-state index in [0.29, 0.717) is 12.2 Å². The largest absolute Gasteiger partial charge is 0.486 e. The van der Waals surface area contributed by atoms with Crippen molar-refractivity contribution in [2.45, 2.75) is 26.5 Å². The normalized spacial score (nSPS) is 10.0. The molecule has 0 radical (unpaired) electrons. The molecule has 0 atom stereocenters. The predicted octanol–water partition coefficient (Wildman–Crippen LogP) is 2.14. The number of nitriles is 1. The maximum Gasteiger partial charge on any atom is 0.164 e. The summed E-state index contributed by atoms with van der Waals surface area (Å²) >= 11 is 0. The van der Waals surface area contributed by atoms with Crippen molar-refractivity contribution in [3.05, 3.63) is 42.0 Å². The van der Waals surface area contributed by atoms with Gasteiger partial charge in [-0.05, 0) is 30.7 Å². The summed E-state index contributed by atoms with van der Waals surface area (Å²) in [6.45, 7) is 3.31. The van der Waals surface area contributed by atoms with Gasteiger partial charge in [0.05, 0.1) is 11.6 Å². The van der Waals surface area contributed by atoms with Gasteiger partial charge < -0.3 is 4.74 Å². The smallest absolute Gasteiger partial charge is 0.164 e. The van der Waals surface area contributed by atoms with Crippen LogP contribution in [-0.4, -0.2) is 14.8 Å². The second-order valence-electron chi connectivity index (χ2n) is 3.82. The highest BCUT2D eigenvalue weighted by Crippen LogP contribution is 2.13. The molecule has 5 heteroatoms. The zero-order valence-electron chi connectivity index (χ0n) is 10.2. The molecule has 0 aliphatic rings. The van der Waals surface area contributed by atoms with E-state index in [2.05, 4.69) is 23.1 Å². The molecule has 1 heterocycles. The molecule has 92 valence electrons. The van der Waals surface area contributed by atoms with Crippen molar-refractivity contribution in [3.8, 4) is 11.8 Å². The summed E-state index contributed by atoms with van der Waals surface area (Å²) in [5, 5.41) is 12.8. The van der Waals surface area contributed by atoms with Gasteiger partial charge in [-0.2, -0.15) is 10.4 Å². The van der Waals surface area contributed by atoms with Crippen LogP contribution in [-0.2, 0) is 13.2 Å². The number of aromatic nitrogens is 3. The standard InChI is InChI=1S/C13H14N4O/c1-2-7-17-13(15-10-16-17)9-18-12-5-3-11(8-14)4-6-12/h3-6,10H,2,7,9H2,1H3. The SMILES string of the molecule is CCCn1ncnc1COc1ccc(C#N)cc1. The van der Waals surface area contributed by atoms with Crippen molar-refractivity contribution in [3.63, 3.8) is 0 Å². The van der Waals surface area contributed by atoms with Crippen LogP contribution in [0.5, 0.6) is 5.75 Å². The summed E-state index contributed by atoms with van der Waals surface area (Å²) in [4.78, 5) is 4.16. The Morgan fingerprint density at radius 3 is 2.78 bits per heavy atom. The van der Waals surface area contributed by atoms with Gasteiger partial charge in [0.2, 0.25) is 0 Å². The molecule has 1 aromatic heterocycles. The Balaban J connectivity index is 1.98. The molecule has 0 unspecified atom stereocenters. The Bertz CT molecular complexity index is 539. The van der Waals surface area contributed by atoms with Crippen molar-refractivity contribution in [2.24, 2.45) is 0 Å². The van der Waals surface area contributed by atoms with Gasteiger partial charge in [0.1, 0.15) is 18.7 Å². The van der Waals surface area contributed by atoms with Crippen molar-refractivity contribution in [1.29, 1.82) is 5.26 Å². The molecule has 0 saturated carbocycles. The highest BCUT2D eigenvalue weighted by molar-refractivity contribution is 5.34. The highest BCUT2D eigenvalue weighted by atomic mass is 16.5. The lowest BCUT2D eigenvalue weighted by atomic mass is 10.2. The van der Waals surface area contributed by atoms with Crippen LogP contribution in [0.25, 0.3) is 0 Å². The molecule has 2 aromatic rings. The first-order valence-corrected chi connectivity index (χ1v) is 5.83. The minimum Gasteiger partial charge on any atom is -0.486 e. The maximum atomic E-state index is 8.69. The molecule has 0 fully saturated rings. The fraction of sp³-hybridized carbons (Fsp3) is 0.308. The van der Waals surface area contributed by atoms with E-state index in [0.717, 1.165) is 24.5 Å². The third-order valence-corrected chi connectivity index (χ3v) is 2.48. The molecular formula is C13H14N4O. The Hall–Kier alpha value is -2.35. The number of aryl methyl sites for hydroxylation is 1. The van der Waals surface area contributed by atoms with E-state index < -0.39 is 0 Å². The van der Waals surface area contributed by atoms with Gasteiger partial charge in [-0.25, -0.2) is 9.67 Å². The monoisotopic (exact) mass is 242 g/mol. The fourth-order valence-corrected chi connectivity index (χ4v) is 1.57. The zero-order valence-corrected chi connectivity index (χ0v) is 10.2. The number of benzene rings is 1. The fourth-order valence-electron chi connectivity index (χ4n) is 1.57. The number of rotatable bonds is 5. The molecular weight excluding hydrogens is 228 g/mol. The first-order valence-electron chi connectivity index (χ1n) is 5.83. The predicted molar refractivity (Wildman–Crippen MR) is 65.8 cm³/mol. The Kier molecular flexibility index (Phi) is 3.92. The topological polar surface area (TPSA) is 63.7 Å². The van der Waals surface area contributed by atoms with Crippen molar-refractivity contribution >= 4 is 0 Å². The summed E-state index contributed by atoms with van der Waals surface area (Å²) in [5.74, 6) is 1.53. The first-order chi connectivity index (χ1) is 8.83. The second kappa shape index (κ2) is 5.82. The molecule has 0 spiro atoms. The van der Waals surface area contributed by atoms with Gasteiger partial charge >= 0.3 is 0 Å². The van der Waals surface area contributed by atoms with E-state index in [-0.39, 0.29) is 0 Å². The number of ether oxygens (including phenoxy) is 1. The van der Waals surface area contributed by atoms with Gasteiger partial charge in [0.25, 0.3) is 0 Å². The first kappa shape index (κ1) is 12.1. The molecule has 2 rings (SSSR count). The van der Waals surface area contributed by atoms with Crippen LogP contribution in [0, 0.1) is 11.3 Å². The minimum atomic E-state index is 0.381. The number of hydrogen-bond acceptors (Lipinski definition) is 4. The maximum absolute atomic E-state index is 8.69. The Morgan fingerprint density at radius 1 is 1.33 bits per heavy atom. The van der Waals surface area contributed by atoms with Gasteiger partial charge in [-0.1, -0.05) is 6.92 Å². The van der Waals surface area contributed by atoms with Crippen LogP contribution in [0.3, 0.4) is 0 Å². The van der Waals surface area contributed by atoms with Crippen molar-refractivity contribution in [2.75, 3.05) is 0 Å². The van der Waals surface area contributed by atoms with Crippen LogP contribution >= 0.6 is 0 Å². The van der Waals surface area contributed by atoms with Gasteiger partial charge in [0, 0.05) is 6.54 Å². The molecule has 0 aliphatic carbocycles. The van der Waals surface area contributed by atoms with Crippen LogP contribution in [0.4, 0.5) is 0 Å². The summed E-state index contributed by atoms with van der Waals surface area (Å²) < 4.78 is 7.44. The summed E-state index contributed by atoms with van der Waals surface area (Å²) in [6, 6.07) is 9.08. The van der Waals surface area contributed by atoms with Crippen LogP contribution in [0.1, 0.15) is 24.7 Å². The van der Waals surface area contributed by atoms with E-state index in [1.807, 2.05) is 4.68 Å². The lowest BCUT2D eigenvalue weighted by Gasteiger charge is -2.07. The third-order valence-electron chi connectivity index (χ3n) is 2.48. The molecule has 0 amide bonds. The molecule has 1 aromatic carbocycles. The molecule has 0 saturated heterocycles. The van der Waals surface area contributed by atoms with E-state index in [1.165, 1.54) is 6.33 Å². The quantitative estimate of drug-likeness (QED) is 0.805. The number of nitrogens with zero attached hydrogens (tertiary/aromatic N) is 4. The Labute approximate surface area is 106 Å². The lowest BCUT2D eigenvalue weighted by Crippen LogP contribution is -2.08. The van der Waals surface area contributed by atoms with E-state index in [9.17, 15) is 0 Å². The summed E-state index contributed by atoms with van der Waals surface area (Å²) in [7, 11) is 0. The second-order valence-corrected chi connectivity index (χ2v) is 3.82. The molecule has 0 bridgehead atoms. The van der Waals surface area contributed by atoms with Gasteiger partial charge in [0.15, 0.2) is 5.82 Å². The van der Waals surface area contributed by atoms with Gasteiger partial charge in [-0.3, -0.25) is 0 Å². The number of hydrogen-bond donors (Lipinski definition) is 0. The van der Waals surface area contributed by atoms with Crippen molar-refractivity contribution < 1.29 is 4.74 Å². The zero-order chi connectivity index (χ0) is 12.8. The highest BCUT2D eigenvalue weighted by Gasteiger charge is 2.04. The third kappa shape index (κ3) is 2.86. The van der Waals surface area contributed by atoms with E-state index >= 15 is 0 Å². The van der Waals surface area contributed by atoms with Crippen LogP contribution in [0.2, 0.25) is 0 Å². The van der Waals surface area contributed by atoms with Gasteiger partial charge in [-0.15, -0.1) is 0 Å². The summed E-state index contributed by atoms with van der Waals surface area (Å²) in [5.41, 5.74) is 0.622. The molecule has 5 nitrogen and oxygen atoms in total. The molecule has 18 heavy (non-hydrogen) atoms. The van der Waals surface area contributed by atoms with Crippen LogP contribution < -0.4 is 4.74 Å². The average molecular weight is 242 g/mol. The van der Waals surface area contributed by atoms with E-state index in [4.69, 9.17) is 10.00 Å². The minimum absolute atomic E-state index is 0.381. The molecule has 0 N–H and O–H groups in total. The molecule has 0 aliphatic heterocycles.